The van der Waals surface area contributed by atoms with E-state index in [9.17, 15) is 23.1 Å². The summed E-state index contributed by atoms with van der Waals surface area (Å²) < 4.78 is 51.4. The van der Waals surface area contributed by atoms with Crippen molar-refractivity contribution in [2.75, 3.05) is 27.3 Å². The van der Waals surface area contributed by atoms with E-state index in [1.165, 1.54) is 30.4 Å². The number of carboxylic acid groups (broad SMARTS) is 1. The van der Waals surface area contributed by atoms with Crippen molar-refractivity contribution in [2.45, 2.75) is 96.6 Å². The summed E-state index contributed by atoms with van der Waals surface area (Å²) in [5.41, 5.74) is 4.26. The van der Waals surface area contributed by atoms with Gasteiger partial charge in [0.2, 0.25) is 0 Å². The molecule has 7 nitrogen and oxygen atoms in total. The van der Waals surface area contributed by atoms with Crippen LogP contribution in [0.3, 0.4) is 0 Å². The van der Waals surface area contributed by atoms with Crippen molar-refractivity contribution in [3.8, 4) is 0 Å². The highest BCUT2D eigenvalue weighted by molar-refractivity contribution is 6.64. The van der Waals surface area contributed by atoms with Crippen LogP contribution in [-0.2, 0) is 8.85 Å². The van der Waals surface area contributed by atoms with Gasteiger partial charge in [-0.3, -0.25) is 4.57 Å². The van der Waals surface area contributed by atoms with E-state index >= 15 is 0 Å². The predicted octanol–water partition coefficient (Wildman–Crippen LogP) is 8.14. The lowest BCUT2D eigenvalue weighted by molar-refractivity contribution is -0.132. The van der Waals surface area contributed by atoms with Crippen LogP contribution < -0.4 is 0 Å². The smallest absolute Gasteiger partial charge is 0.428 e. The molecule has 1 N–H and O–H groups in total. The molecule has 0 aromatic heterocycles. The summed E-state index contributed by atoms with van der Waals surface area (Å²) in [6.07, 6.45) is -2.08. The summed E-state index contributed by atoms with van der Waals surface area (Å²) in [5, 5.41) is 13.1. The van der Waals surface area contributed by atoms with E-state index in [2.05, 4.69) is 35.8 Å². The zero-order chi connectivity index (χ0) is 32.0. The Bertz CT molecular complexity index is 1200. The molecule has 2 aromatic carbocycles. The van der Waals surface area contributed by atoms with Gasteiger partial charge < -0.3 is 14.0 Å². The highest BCUT2D eigenvalue weighted by Gasteiger charge is 2.50. The number of halogens is 3. The average molecular weight is 624 g/mol. The number of hydrogen-bond acceptors (Lipinski definition) is 5. The van der Waals surface area contributed by atoms with Gasteiger partial charge in [0.05, 0.1) is 11.6 Å². The van der Waals surface area contributed by atoms with E-state index in [0.717, 1.165) is 43.4 Å². The molecule has 0 saturated carbocycles. The molecule has 0 bridgehead atoms. The molecule has 2 unspecified atom stereocenters. The Morgan fingerprint density at radius 2 is 1.44 bits per heavy atom. The molecule has 11 heteroatoms. The Hall–Kier alpha value is -2.44. The van der Waals surface area contributed by atoms with Crippen molar-refractivity contribution in [1.82, 2.24) is 14.6 Å². The molecule has 2 atom stereocenters. The molecule has 240 valence electrons. The molecule has 2 aliphatic heterocycles. The van der Waals surface area contributed by atoms with E-state index in [-0.39, 0.29) is 18.1 Å². The maximum absolute atomic E-state index is 12.7. The van der Waals surface area contributed by atoms with Crippen LogP contribution in [0.4, 0.5) is 18.0 Å². The van der Waals surface area contributed by atoms with Gasteiger partial charge in [-0.2, -0.15) is 13.2 Å². The molecule has 43 heavy (non-hydrogen) atoms. The van der Waals surface area contributed by atoms with Crippen LogP contribution in [-0.4, -0.2) is 73.5 Å². The summed E-state index contributed by atoms with van der Waals surface area (Å²) in [4.78, 5) is 11.7. The number of hydrazine groups is 1. The zero-order valence-corrected chi connectivity index (χ0v) is 27.6. The zero-order valence-electron chi connectivity index (χ0n) is 26.6. The van der Waals surface area contributed by atoms with E-state index in [1.807, 2.05) is 57.0 Å². The highest BCUT2D eigenvalue weighted by Crippen LogP contribution is 2.40. The lowest BCUT2D eigenvalue weighted by atomic mass is 10.0. The largest absolute Gasteiger partial charge is 0.464 e. The molecule has 1 amide bonds. The minimum atomic E-state index is -4.20. The fraction of sp³-hybridized carbons (Fsp3) is 0.594. The van der Waals surface area contributed by atoms with Crippen LogP contribution in [0.2, 0.25) is 6.04 Å². The Morgan fingerprint density at radius 1 is 0.930 bits per heavy atom. The van der Waals surface area contributed by atoms with Crippen molar-refractivity contribution in [1.29, 1.82) is 0 Å². The average Bonchev–Trinajstić information content (AvgIpc) is 3.59. The van der Waals surface area contributed by atoms with E-state index in [1.54, 1.807) is 0 Å². The van der Waals surface area contributed by atoms with Gasteiger partial charge in [-0.25, -0.2) is 14.8 Å². The normalized spacial score (nSPS) is 20.1. The van der Waals surface area contributed by atoms with Gasteiger partial charge in [-0.1, -0.05) is 59.7 Å². The van der Waals surface area contributed by atoms with Gasteiger partial charge in [0, 0.05) is 39.3 Å². The summed E-state index contributed by atoms with van der Waals surface area (Å²) in [5.74, 6) is 0. The summed E-state index contributed by atoms with van der Waals surface area (Å²) in [6.45, 7) is 11.4. The molecule has 2 aromatic rings. The standard InChI is InChI=1S/C16H24F3NO2Si.C16H24N2O2/c1-13-6-4-7-14(12-13)15-8-5-10-20(15)23(21-2,22-3)11-9-16(17,18)19;1-12-7-5-8-13(11-12)14-9-6-10-17(14)18(15(19)20)16(2,3)4/h4,6-7,12,15H,5,8-11H2,1-3H3;5,7-8,11,14H,6,9-10H2,1-4H3,(H,19,20). The van der Waals surface area contributed by atoms with Gasteiger partial charge >= 0.3 is 21.0 Å². The van der Waals surface area contributed by atoms with Gasteiger partial charge in [-0.15, -0.1) is 0 Å². The minimum absolute atomic E-state index is 0.0645. The first-order chi connectivity index (χ1) is 20.1. The Labute approximate surface area is 255 Å². The van der Waals surface area contributed by atoms with Crippen molar-refractivity contribution < 1.29 is 31.9 Å². The van der Waals surface area contributed by atoms with Crippen molar-refractivity contribution in [2.24, 2.45) is 0 Å². The second-order valence-electron chi connectivity index (χ2n) is 12.5. The van der Waals surface area contributed by atoms with E-state index in [4.69, 9.17) is 8.85 Å². The molecule has 0 aliphatic carbocycles. The Kier molecular flexibility index (Phi) is 11.9. The SMILES string of the molecule is CO[Si](CCC(F)(F)F)(OC)N1CCCC1c1cccc(C)c1.Cc1cccc(C2CCCN2N(C(=O)O)C(C)(C)C)c1. The van der Waals surface area contributed by atoms with Crippen LogP contribution in [0.1, 0.15) is 87.2 Å². The molecule has 2 aliphatic rings. The third-order valence-electron chi connectivity index (χ3n) is 8.20. The van der Waals surface area contributed by atoms with Gasteiger partial charge in [-0.05, 0) is 78.0 Å². The fourth-order valence-corrected chi connectivity index (χ4v) is 9.54. The maximum atomic E-state index is 12.7. The Balaban J connectivity index is 0.000000238. The van der Waals surface area contributed by atoms with Gasteiger partial charge in [0.15, 0.2) is 0 Å². The molecule has 4 rings (SSSR count). The first-order valence-corrected chi connectivity index (χ1v) is 17.0. The molecule has 2 fully saturated rings. The van der Waals surface area contributed by atoms with Gasteiger partial charge in [0.25, 0.3) is 0 Å². The third-order valence-corrected chi connectivity index (χ3v) is 11.8. The molecular formula is C32H48F3N3O4Si. The quantitative estimate of drug-likeness (QED) is 0.300. The number of rotatable bonds is 8. The van der Waals surface area contributed by atoms with Crippen LogP contribution in [0.5, 0.6) is 0 Å². The molecule has 2 saturated heterocycles. The number of hydrogen-bond donors (Lipinski definition) is 1. The lowest BCUT2D eigenvalue weighted by Gasteiger charge is -2.42. The molecule has 2 heterocycles. The molecule has 0 spiro atoms. The van der Waals surface area contributed by atoms with E-state index in [0.29, 0.717) is 6.54 Å². The maximum Gasteiger partial charge on any atom is 0.428 e. The van der Waals surface area contributed by atoms with Gasteiger partial charge in [0.1, 0.15) is 0 Å². The number of nitrogens with zero attached hydrogens (tertiary/aromatic N) is 3. The first-order valence-electron chi connectivity index (χ1n) is 15.0. The number of amides is 1. The Morgan fingerprint density at radius 3 is 1.91 bits per heavy atom. The molecule has 0 radical (unpaired) electrons. The second kappa shape index (κ2) is 14.6. The number of benzene rings is 2. The van der Waals surface area contributed by atoms with Crippen LogP contribution in [0.25, 0.3) is 0 Å². The summed E-state index contributed by atoms with van der Waals surface area (Å²) in [6, 6.07) is 16.6. The predicted molar refractivity (Wildman–Crippen MR) is 165 cm³/mol. The topological polar surface area (TPSA) is 65.5 Å². The minimum Gasteiger partial charge on any atom is -0.464 e. The number of aryl methyl sites for hydroxylation is 2. The van der Waals surface area contributed by atoms with Crippen LogP contribution in [0.15, 0.2) is 48.5 Å². The van der Waals surface area contributed by atoms with Crippen molar-refractivity contribution >= 4 is 14.8 Å². The van der Waals surface area contributed by atoms with Crippen molar-refractivity contribution in [3.63, 3.8) is 0 Å². The number of carbonyl (C=O) groups is 1. The molecular weight excluding hydrogens is 575 g/mol. The van der Waals surface area contributed by atoms with Crippen molar-refractivity contribution in [3.05, 3.63) is 70.8 Å². The highest BCUT2D eigenvalue weighted by atomic mass is 28.4. The van der Waals surface area contributed by atoms with Crippen LogP contribution in [0, 0.1) is 13.8 Å². The third kappa shape index (κ3) is 9.04. The lowest BCUT2D eigenvalue weighted by Crippen LogP contribution is -2.57. The van der Waals surface area contributed by atoms with Crippen LogP contribution >= 0.6 is 0 Å². The summed E-state index contributed by atoms with van der Waals surface area (Å²) in [7, 11) is -0.130. The monoisotopic (exact) mass is 623 g/mol. The summed E-state index contributed by atoms with van der Waals surface area (Å²) >= 11 is 0. The fourth-order valence-electron chi connectivity index (χ4n) is 6.35. The van der Waals surface area contributed by atoms with E-state index < -0.39 is 33.0 Å². The number of alkyl halides is 3. The second-order valence-corrected chi connectivity index (χ2v) is 15.8. The first kappa shape index (κ1) is 35.0.